The molecule has 4 heterocycles. The zero-order valence-corrected chi connectivity index (χ0v) is 14.8. The van der Waals surface area contributed by atoms with Crippen LogP contribution in [0.15, 0.2) is 36.7 Å². The molecule has 9 nitrogen and oxygen atoms in total. The summed E-state index contributed by atoms with van der Waals surface area (Å²) in [6.45, 7) is 3.57. The standard InChI is InChI=1S/C18H19N5O4/c1-2-26-14-4-3-8-19-18(14)27-13-5-6-15-21-16(22-23(15)10-13)17(24)20-12-7-9-25-11-12/h3-6,8,10,12H,2,7,9,11H2,1H3,(H,20,24)/t12-/m1/s1. The fourth-order valence-corrected chi connectivity index (χ4v) is 2.75. The number of aromatic nitrogens is 4. The first kappa shape index (κ1) is 17.2. The normalized spacial score (nSPS) is 16.4. The van der Waals surface area contributed by atoms with E-state index in [1.165, 1.54) is 4.52 Å². The van der Waals surface area contributed by atoms with Gasteiger partial charge in [0.25, 0.3) is 11.8 Å². The maximum Gasteiger partial charge on any atom is 0.291 e. The van der Waals surface area contributed by atoms with Crippen LogP contribution >= 0.6 is 0 Å². The Hall–Kier alpha value is -3.20. The summed E-state index contributed by atoms with van der Waals surface area (Å²) in [5.41, 5.74) is 0.543. The Kier molecular flexibility index (Phi) is 4.84. The molecule has 140 valence electrons. The molecular weight excluding hydrogens is 350 g/mol. The highest BCUT2D eigenvalue weighted by atomic mass is 16.5. The molecule has 1 aliphatic rings. The van der Waals surface area contributed by atoms with Crippen LogP contribution in [0.3, 0.4) is 0 Å². The number of ether oxygens (including phenoxy) is 3. The van der Waals surface area contributed by atoms with Gasteiger partial charge in [0.1, 0.15) is 5.75 Å². The Morgan fingerprint density at radius 3 is 3.15 bits per heavy atom. The average Bonchev–Trinajstić information content (AvgIpc) is 3.32. The molecule has 4 rings (SSSR count). The minimum absolute atomic E-state index is 0.00384. The number of fused-ring (bicyclic) bond motifs is 1. The molecule has 1 fully saturated rings. The SMILES string of the molecule is CCOc1cccnc1Oc1ccc2nc(C(=O)N[C@@H]3CCOC3)nn2c1. The van der Waals surface area contributed by atoms with E-state index in [0.29, 0.717) is 42.8 Å². The summed E-state index contributed by atoms with van der Waals surface area (Å²) in [6.07, 6.45) is 4.06. The third-order valence-corrected chi connectivity index (χ3v) is 4.02. The highest BCUT2D eigenvalue weighted by Gasteiger charge is 2.21. The maximum atomic E-state index is 12.3. The number of carbonyl (C=O) groups excluding carboxylic acids is 1. The van der Waals surface area contributed by atoms with Crippen LogP contribution in [-0.4, -0.2) is 51.4 Å². The van der Waals surface area contributed by atoms with Crippen LogP contribution in [0.25, 0.3) is 5.65 Å². The van der Waals surface area contributed by atoms with Gasteiger partial charge < -0.3 is 19.5 Å². The predicted octanol–water partition coefficient (Wildman–Crippen LogP) is 1.83. The Balaban J connectivity index is 1.53. The molecule has 0 saturated carbocycles. The second-order valence-corrected chi connectivity index (χ2v) is 5.98. The van der Waals surface area contributed by atoms with Crippen LogP contribution in [0.5, 0.6) is 17.4 Å². The van der Waals surface area contributed by atoms with Crippen LogP contribution < -0.4 is 14.8 Å². The molecule has 0 bridgehead atoms. The summed E-state index contributed by atoms with van der Waals surface area (Å²) in [5, 5.41) is 7.11. The second-order valence-electron chi connectivity index (χ2n) is 5.98. The number of carbonyl (C=O) groups is 1. The van der Waals surface area contributed by atoms with Crippen molar-refractivity contribution in [2.24, 2.45) is 0 Å². The molecule has 1 aliphatic heterocycles. The van der Waals surface area contributed by atoms with E-state index in [1.54, 1.807) is 36.7 Å². The number of hydrogen-bond acceptors (Lipinski definition) is 7. The smallest absolute Gasteiger partial charge is 0.291 e. The van der Waals surface area contributed by atoms with Crippen molar-refractivity contribution in [3.05, 3.63) is 42.5 Å². The van der Waals surface area contributed by atoms with Crippen molar-refractivity contribution in [3.8, 4) is 17.4 Å². The van der Waals surface area contributed by atoms with Crippen LogP contribution in [0.4, 0.5) is 0 Å². The van der Waals surface area contributed by atoms with Crippen molar-refractivity contribution in [3.63, 3.8) is 0 Å². The molecule has 1 N–H and O–H groups in total. The summed E-state index contributed by atoms with van der Waals surface area (Å²) >= 11 is 0. The molecule has 0 spiro atoms. The molecule has 0 unspecified atom stereocenters. The topological polar surface area (TPSA) is 99.9 Å². The van der Waals surface area contributed by atoms with Gasteiger partial charge in [0.15, 0.2) is 11.4 Å². The van der Waals surface area contributed by atoms with Gasteiger partial charge in [0.2, 0.25) is 5.82 Å². The molecule has 9 heteroatoms. The fourth-order valence-electron chi connectivity index (χ4n) is 2.75. The first-order valence-electron chi connectivity index (χ1n) is 8.73. The van der Waals surface area contributed by atoms with E-state index in [2.05, 4.69) is 20.4 Å². The lowest BCUT2D eigenvalue weighted by molar-refractivity contribution is 0.0919. The number of hydrogen-bond donors (Lipinski definition) is 1. The van der Waals surface area contributed by atoms with Crippen LogP contribution in [0.1, 0.15) is 24.0 Å². The monoisotopic (exact) mass is 369 g/mol. The lowest BCUT2D eigenvalue weighted by Gasteiger charge is -2.09. The summed E-state index contributed by atoms with van der Waals surface area (Å²) in [5.74, 6) is 1.20. The summed E-state index contributed by atoms with van der Waals surface area (Å²) in [7, 11) is 0. The number of nitrogens with one attached hydrogen (secondary N) is 1. The zero-order valence-electron chi connectivity index (χ0n) is 14.8. The third-order valence-electron chi connectivity index (χ3n) is 4.02. The molecule has 3 aromatic rings. The van der Waals surface area contributed by atoms with Crippen molar-refractivity contribution in [2.45, 2.75) is 19.4 Å². The van der Waals surface area contributed by atoms with Gasteiger partial charge >= 0.3 is 0 Å². The highest BCUT2D eigenvalue weighted by Crippen LogP contribution is 2.28. The number of rotatable bonds is 6. The van der Waals surface area contributed by atoms with E-state index < -0.39 is 0 Å². The van der Waals surface area contributed by atoms with Crippen molar-refractivity contribution >= 4 is 11.6 Å². The van der Waals surface area contributed by atoms with Gasteiger partial charge in [-0.15, -0.1) is 5.10 Å². The summed E-state index contributed by atoms with van der Waals surface area (Å²) in [4.78, 5) is 20.7. The van der Waals surface area contributed by atoms with Crippen molar-refractivity contribution in [1.82, 2.24) is 24.9 Å². The molecule has 0 aliphatic carbocycles. The molecule has 1 amide bonds. The van der Waals surface area contributed by atoms with Crippen molar-refractivity contribution in [1.29, 1.82) is 0 Å². The van der Waals surface area contributed by atoms with E-state index in [-0.39, 0.29) is 17.8 Å². The Bertz CT molecular complexity index is 952. The largest absolute Gasteiger partial charge is 0.488 e. The van der Waals surface area contributed by atoms with Gasteiger partial charge in [0, 0.05) is 12.8 Å². The van der Waals surface area contributed by atoms with E-state index in [4.69, 9.17) is 14.2 Å². The average molecular weight is 369 g/mol. The zero-order chi connectivity index (χ0) is 18.6. The lowest BCUT2D eigenvalue weighted by atomic mass is 10.2. The number of amides is 1. The van der Waals surface area contributed by atoms with Crippen molar-refractivity contribution in [2.75, 3.05) is 19.8 Å². The lowest BCUT2D eigenvalue weighted by Crippen LogP contribution is -2.35. The minimum atomic E-state index is -0.319. The maximum absolute atomic E-state index is 12.3. The van der Waals surface area contributed by atoms with Gasteiger partial charge in [-0.25, -0.2) is 14.5 Å². The Morgan fingerprint density at radius 2 is 2.33 bits per heavy atom. The molecule has 1 saturated heterocycles. The van der Waals surface area contributed by atoms with Crippen molar-refractivity contribution < 1.29 is 19.0 Å². The summed E-state index contributed by atoms with van der Waals surface area (Å²) < 4.78 is 18.1. The molecule has 27 heavy (non-hydrogen) atoms. The van der Waals surface area contributed by atoms with E-state index in [0.717, 1.165) is 6.42 Å². The second kappa shape index (κ2) is 7.58. The predicted molar refractivity (Wildman–Crippen MR) is 95.2 cm³/mol. The highest BCUT2D eigenvalue weighted by molar-refractivity contribution is 5.91. The van der Waals surface area contributed by atoms with Gasteiger partial charge in [-0.05, 0) is 37.6 Å². The van der Waals surface area contributed by atoms with E-state index in [9.17, 15) is 4.79 Å². The fraction of sp³-hybridized carbons (Fsp3) is 0.333. The number of nitrogens with zero attached hydrogens (tertiary/aromatic N) is 4. The first-order valence-corrected chi connectivity index (χ1v) is 8.73. The van der Waals surface area contributed by atoms with Gasteiger partial charge in [0.05, 0.1) is 25.5 Å². The molecular formula is C18H19N5O4. The van der Waals surface area contributed by atoms with Crippen LogP contribution in [0.2, 0.25) is 0 Å². The molecule has 3 aromatic heterocycles. The van der Waals surface area contributed by atoms with Crippen LogP contribution in [0, 0.1) is 0 Å². The van der Waals surface area contributed by atoms with Gasteiger partial charge in [-0.3, -0.25) is 4.79 Å². The summed E-state index contributed by atoms with van der Waals surface area (Å²) in [6, 6.07) is 7.03. The quantitative estimate of drug-likeness (QED) is 0.707. The van der Waals surface area contributed by atoms with E-state index >= 15 is 0 Å². The Morgan fingerprint density at radius 1 is 1.41 bits per heavy atom. The van der Waals surface area contributed by atoms with Crippen LogP contribution in [-0.2, 0) is 4.74 Å². The van der Waals surface area contributed by atoms with E-state index in [1.807, 2.05) is 6.92 Å². The number of pyridine rings is 2. The molecule has 1 atom stereocenters. The van der Waals surface area contributed by atoms with Gasteiger partial charge in [-0.1, -0.05) is 0 Å². The molecule has 0 aromatic carbocycles. The van der Waals surface area contributed by atoms with Gasteiger partial charge in [-0.2, -0.15) is 0 Å². The first-order chi connectivity index (χ1) is 13.2. The Labute approximate surface area is 155 Å². The third kappa shape index (κ3) is 3.82. The minimum Gasteiger partial charge on any atom is -0.488 e. The molecule has 0 radical (unpaired) electrons.